The molecule has 0 saturated carbocycles. The number of aromatic nitrogens is 2. The minimum atomic E-state index is -2.23. The van der Waals surface area contributed by atoms with E-state index >= 15 is 0 Å². The summed E-state index contributed by atoms with van der Waals surface area (Å²) in [5.41, 5.74) is 0. The predicted molar refractivity (Wildman–Crippen MR) is 99.9 cm³/mol. The zero-order chi connectivity index (χ0) is 16.3. The molecule has 0 spiro atoms. The number of imidazole rings is 1. The maximum atomic E-state index is 7.11. The zero-order valence-corrected chi connectivity index (χ0v) is 18.6. The summed E-state index contributed by atoms with van der Waals surface area (Å²) >= 11 is -2.23. The summed E-state index contributed by atoms with van der Waals surface area (Å²) in [5.74, 6) is 0. The molecule has 0 bridgehead atoms. The molecule has 0 aliphatic heterocycles. The van der Waals surface area contributed by atoms with E-state index in [0.29, 0.717) is 0 Å². The monoisotopic (exact) mass is 435 g/mol. The quantitative estimate of drug-likeness (QED) is 0.215. The van der Waals surface area contributed by atoms with Crippen LogP contribution in [0.2, 0.25) is 13.3 Å². The molecule has 2 nitrogen and oxygen atoms in total. The van der Waals surface area contributed by atoms with Gasteiger partial charge in [-0.3, -0.25) is 0 Å². The zero-order valence-electron chi connectivity index (χ0n) is 15.0. The van der Waals surface area contributed by atoms with E-state index in [2.05, 4.69) is 48.8 Å². The van der Waals surface area contributed by atoms with E-state index in [9.17, 15) is 0 Å². The summed E-state index contributed by atoms with van der Waals surface area (Å²) in [4.78, 5) is 0. The fourth-order valence-electron chi connectivity index (χ4n) is 3.09. The fourth-order valence-corrected chi connectivity index (χ4v) is 16.1. The number of unbranched alkanes of at least 4 members (excludes halogenated alkanes) is 5. The van der Waals surface area contributed by atoms with Crippen LogP contribution in [0, 0.1) is 0 Å². The van der Waals surface area contributed by atoms with Gasteiger partial charge in [0.15, 0.2) is 0 Å². The van der Waals surface area contributed by atoms with Gasteiger partial charge in [-0.25, -0.2) is 0 Å². The summed E-state index contributed by atoms with van der Waals surface area (Å²) in [6, 6.07) is 0. The molecule has 0 radical (unpaired) electrons. The summed E-state index contributed by atoms with van der Waals surface area (Å²) in [6.45, 7) is 5.75. The van der Waals surface area contributed by atoms with Gasteiger partial charge in [-0.1, -0.05) is 0 Å². The van der Waals surface area contributed by atoms with Crippen LogP contribution >= 0.6 is 8.92 Å². The van der Waals surface area contributed by atoms with E-state index in [1.807, 2.05) is 0 Å². The van der Waals surface area contributed by atoms with Crippen LogP contribution in [-0.2, 0) is 13.6 Å². The van der Waals surface area contributed by atoms with Gasteiger partial charge in [0.25, 0.3) is 0 Å². The molecule has 0 aliphatic carbocycles. The summed E-state index contributed by atoms with van der Waals surface area (Å²) in [6.07, 6.45) is 17.2. The molecule has 128 valence electrons. The summed E-state index contributed by atoms with van der Waals surface area (Å²) < 4.78 is 8.62. The average Bonchev–Trinajstić information content (AvgIpc) is 2.92. The van der Waals surface area contributed by atoms with E-state index in [-0.39, 0.29) is 0 Å². The molecule has 1 heterocycles. The third-order valence-electron chi connectivity index (χ3n) is 4.57. The van der Waals surface area contributed by atoms with Crippen molar-refractivity contribution in [2.24, 2.45) is 7.05 Å². The van der Waals surface area contributed by atoms with Gasteiger partial charge in [-0.05, 0) is 0 Å². The molecule has 0 saturated heterocycles. The molecule has 0 fully saturated rings. The van der Waals surface area contributed by atoms with Crippen molar-refractivity contribution in [1.29, 1.82) is 0 Å². The number of aryl methyl sites for hydroxylation is 2. The molecule has 22 heavy (non-hydrogen) atoms. The predicted octanol–water partition coefficient (Wildman–Crippen LogP) is 5.66. The Labute approximate surface area is 145 Å². The Morgan fingerprint density at radius 1 is 0.909 bits per heavy atom. The molecule has 4 heteroatoms. The number of hydrogen-bond acceptors (Lipinski definition) is 0. The van der Waals surface area contributed by atoms with Gasteiger partial charge in [-0.2, -0.15) is 0 Å². The van der Waals surface area contributed by atoms with Crippen LogP contribution in [0.1, 0.15) is 65.2 Å². The topological polar surface area (TPSA) is 8.81 Å². The van der Waals surface area contributed by atoms with Gasteiger partial charge >= 0.3 is 146 Å². The van der Waals surface area contributed by atoms with Gasteiger partial charge in [0.1, 0.15) is 0 Å². The van der Waals surface area contributed by atoms with Crippen LogP contribution in [0.15, 0.2) is 18.7 Å². The van der Waals surface area contributed by atoms with Crippen LogP contribution in [0.5, 0.6) is 0 Å². The van der Waals surface area contributed by atoms with Crippen LogP contribution in [0.3, 0.4) is 0 Å². The van der Waals surface area contributed by atoms with E-state index in [0.717, 1.165) is 6.54 Å². The average molecular weight is 435 g/mol. The van der Waals surface area contributed by atoms with Crippen molar-refractivity contribution in [3.8, 4) is 0 Å². The number of nitrogens with zero attached hydrogens (tertiary/aromatic N) is 2. The molecule has 0 aliphatic rings. The van der Waals surface area contributed by atoms with Crippen molar-refractivity contribution in [3.63, 3.8) is 0 Å². The van der Waals surface area contributed by atoms with Gasteiger partial charge in [0.05, 0.1) is 0 Å². The normalized spacial score (nSPS) is 12.0. The molecule has 1 aromatic heterocycles. The first-order chi connectivity index (χ1) is 10.6. The second kappa shape index (κ2) is 11.8. The Bertz CT molecular complexity index is 384. The molecule has 0 N–H and O–H groups in total. The molecule has 0 amide bonds. The van der Waals surface area contributed by atoms with Gasteiger partial charge in [-0.15, -0.1) is 0 Å². The first-order valence-electron chi connectivity index (χ1n) is 9.29. The van der Waals surface area contributed by atoms with Gasteiger partial charge < -0.3 is 0 Å². The van der Waals surface area contributed by atoms with Crippen LogP contribution in [-0.4, -0.2) is 21.8 Å². The number of rotatable bonds is 13. The Hall–Kier alpha value is 0.299. The third kappa shape index (κ3) is 8.81. The molecular weight excluding hydrogens is 398 g/mol. The van der Waals surface area contributed by atoms with Crippen LogP contribution < -0.4 is 4.57 Å². The van der Waals surface area contributed by atoms with E-state index in [1.165, 1.54) is 64.7 Å². The Morgan fingerprint density at radius 2 is 1.50 bits per heavy atom. The molecule has 0 unspecified atom stereocenters. The van der Waals surface area contributed by atoms with Crippen LogP contribution in [0.4, 0.5) is 0 Å². The van der Waals surface area contributed by atoms with Crippen molar-refractivity contribution in [2.45, 2.75) is 85.1 Å². The van der Waals surface area contributed by atoms with Crippen molar-refractivity contribution in [2.75, 3.05) is 0 Å². The van der Waals surface area contributed by atoms with E-state index in [4.69, 9.17) is 8.92 Å². The third-order valence-corrected chi connectivity index (χ3v) is 19.1. The summed E-state index contributed by atoms with van der Waals surface area (Å²) in [7, 11) is 9.19. The molecule has 1 aromatic rings. The van der Waals surface area contributed by atoms with Crippen LogP contribution in [0.25, 0.3) is 0 Å². The van der Waals surface area contributed by atoms with E-state index < -0.39 is 17.3 Å². The Morgan fingerprint density at radius 3 is 2.05 bits per heavy atom. The first-order valence-corrected chi connectivity index (χ1v) is 19.0. The second-order valence-electron chi connectivity index (χ2n) is 6.84. The van der Waals surface area contributed by atoms with Crippen molar-refractivity contribution in [3.05, 3.63) is 18.7 Å². The van der Waals surface area contributed by atoms with Gasteiger partial charge in [0.2, 0.25) is 0 Å². The number of hydrogen-bond donors (Lipinski definition) is 0. The SMILES string of the molecule is CCC[CH2][Sn]([Cl])([CH2]CCC)[CH2]CCCCCn1cc[n+](C)c1. The second-order valence-corrected chi connectivity index (χ2v) is 23.1. The fraction of sp³-hybridized carbons (Fsp3) is 0.833. The standard InChI is InChI=1S/C10H18N2.2C4H9.ClH.Sn/c1-3-4-5-6-7-12-9-8-11(2)10-12;2*1-3-4-2;;/h8-10H,1,3-7H2,2H3;2*1,3-4H2,2H3;1H;/q+1;;;;+1/p-1. The van der Waals surface area contributed by atoms with Crippen molar-refractivity contribution < 1.29 is 4.57 Å². The van der Waals surface area contributed by atoms with Crippen molar-refractivity contribution >= 4 is 26.2 Å². The minimum absolute atomic E-state index is 1.15. The van der Waals surface area contributed by atoms with Crippen molar-refractivity contribution in [1.82, 2.24) is 4.57 Å². The summed E-state index contributed by atoms with van der Waals surface area (Å²) in [5, 5.41) is 0. The van der Waals surface area contributed by atoms with E-state index in [1.54, 1.807) is 0 Å². The molecule has 1 rings (SSSR count). The Kier molecular flexibility index (Phi) is 10.9. The number of halogens is 1. The van der Waals surface area contributed by atoms with Gasteiger partial charge in [0, 0.05) is 0 Å². The molecular formula is C18H36ClN2Sn+. The Balaban J connectivity index is 2.15. The molecule has 0 aromatic carbocycles. The first kappa shape index (κ1) is 20.3. The molecule has 0 atom stereocenters. The maximum absolute atomic E-state index is 7.11.